The first-order chi connectivity index (χ1) is 15.0. The predicted octanol–water partition coefficient (Wildman–Crippen LogP) is 5.52. The first-order valence-electron chi connectivity index (χ1n) is 9.38. The Bertz CT molecular complexity index is 1270. The zero-order chi connectivity index (χ0) is 21.8. The van der Waals surface area contributed by atoms with Crippen LogP contribution in [0.25, 0.3) is 28.5 Å². The maximum atomic E-state index is 12.2. The molecule has 0 saturated carbocycles. The number of amides is 1. The van der Waals surface area contributed by atoms with Gasteiger partial charge in [-0.3, -0.25) is 20.2 Å². The molecule has 0 aliphatic carbocycles. The lowest BCUT2D eigenvalue weighted by Crippen LogP contribution is -2.07. The summed E-state index contributed by atoms with van der Waals surface area (Å²) in [5.74, 6) is 0.897. The van der Waals surface area contributed by atoms with Gasteiger partial charge in [-0.25, -0.2) is 4.98 Å². The summed E-state index contributed by atoms with van der Waals surface area (Å²) in [6, 6.07) is 13.5. The Hall–Kier alpha value is -3.98. The van der Waals surface area contributed by atoms with Gasteiger partial charge < -0.3 is 9.15 Å². The fraction of sp³-hybridized carbons (Fsp3) is 0.0909. The zero-order valence-corrected chi connectivity index (χ0v) is 17.2. The summed E-state index contributed by atoms with van der Waals surface area (Å²) in [5.41, 5.74) is 1.94. The summed E-state index contributed by atoms with van der Waals surface area (Å²) in [5, 5.41) is 16.5. The lowest BCUT2D eigenvalue weighted by atomic mass is 10.2. The van der Waals surface area contributed by atoms with E-state index in [4.69, 9.17) is 9.15 Å². The SMILES string of the molecule is CCOc1cccc2cc(-c3csc(NC(=O)/C=C\c4ccc([N+](=O)[O-])cc4)n3)oc12. The van der Waals surface area contributed by atoms with Gasteiger partial charge in [0.15, 0.2) is 22.2 Å². The minimum absolute atomic E-state index is 0.00381. The highest BCUT2D eigenvalue weighted by molar-refractivity contribution is 7.14. The molecule has 2 aromatic carbocycles. The second-order valence-electron chi connectivity index (χ2n) is 6.43. The molecular formula is C22H17N3O5S. The molecule has 0 radical (unpaired) electrons. The number of fused-ring (bicyclic) bond motifs is 1. The predicted molar refractivity (Wildman–Crippen MR) is 119 cm³/mol. The van der Waals surface area contributed by atoms with Crippen molar-refractivity contribution in [1.29, 1.82) is 0 Å². The average molecular weight is 435 g/mol. The number of benzene rings is 2. The van der Waals surface area contributed by atoms with Crippen molar-refractivity contribution in [3.63, 3.8) is 0 Å². The smallest absolute Gasteiger partial charge is 0.269 e. The summed E-state index contributed by atoms with van der Waals surface area (Å²) >= 11 is 1.28. The highest BCUT2D eigenvalue weighted by Gasteiger charge is 2.14. The monoisotopic (exact) mass is 435 g/mol. The molecule has 31 heavy (non-hydrogen) atoms. The van der Waals surface area contributed by atoms with E-state index in [1.54, 1.807) is 23.6 Å². The highest BCUT2D eigenvalue weighted by Crippen LogP contribution is 2.34. The number of carbonyl (C=O) groups excluding carboxylic acids is 1. The maximum absolute atomic E-state index is 12.2. The number of carbonyl (C=O) groups is 1. The minimum Gasteiger partial charge on any atom is -0.490 e. The molecule has 0 bridgehead atoms. The van der Waals surface area contributed by atoms with Crippen molar-refractivity contribution in [2.45, 2.75) is 6.92 Å². The lowest BCUT2D eigenvalue weighted by molar-refractivity contribution is -0.384. The van der Waals surface area contributed by atoms with Gasteiger partial charge in [-0.2, -0.15) is 0 Å². The van der Waals surface area contributed by atoms with Crippen LogP contribution < -0.4 is 10.1 Å². The molecule has 4 aromatic rings. The number of hydrogen-bond acceptors (Lipinski definition) is 7. The normalized spacial score (nSPS) is 11.1. The number of furan rings is 1. The van der Waals surface area contributed by atoms with E-state index in [1.165, 1.54) is 29.5 Å². The van der Waals surface area contributed by atoms with Crippen LogP contribution in [-0.4, -0.2) is 22.4 Å². The van der Waals surface area contributed by atoms with Crippen LogP contribution in [0.15, 0.2) is 64.4 Å². The van der Waals surface area contributed by atoms with E-state index < -0.39 is 4.92 Å². The Balaban J connectivity index is 1.45. The lowest BCUT2D eigenvalue weighted by Gasteiger charge is -2.02. The number of non-ortho nitro benzene ring substituents is 1. The molecule has 0 saturated heterocycles. The van der Waals surface area contributed by atoms with Crippen LogP contribution in [-0.2, 0) is 4.79 Å². The number of rotatable bonds is 7. The largest absolute Gasteiger partial charge is 0.490 e. The maximum Gasteiger partial charge on any atom is 0.269 e. The van der Waals surface area contributed by atoms with Gasteiger partial charge in [0.05, 0.1) is 11.5 Å². The van der Waals surface area contributed by atoms with Crippen molar-refractivity contribution < 1.29 is 18.9 Å². The number of nitro groups is 1. The molecule has 4 rings (SSSR count). The van der Waals surface area contributed by atoms with Gasteiger partial charge in [0.25, 0.3) is 5.69 Å². The highest BCUT2D eigenvalue weighted by atomic mass is 32.1. The Kier molecular flexibility index (Phi) is 5.76. The Morgan fingerprint density at radius 1 is 1.29 bits per heavy atom. The fourth-order valence-corrected chi connectivity index (χ4v) is 3.60. The molecule has 0 atom stereocenters. The van der Waals surface area contributed by atoms with Crippen LogP contribution in [0.4, 0.5) is 10.8 Å². The van der Waals surface area contributed by atoms with Crippen LogP contribution in [0.5, 0.6) is 5.75 Å². The molecule has 0 fully saturated rings. The topological polar surface area (TPSA) is 108 Å². The number of anilines is 1. The van der Waals surface area contributed by atoms with Crippen molar-refractivity contribution in [2.24, 2.45) is 0 Å². The average Bonchev–Trinajstić information content (AvgIpc) is 3.40. The summed E-state index contributed by atoms with van der Waals surface area (Å²) in [4.78, 5) is 26.8. The number of para-hydroxylation sites is 1. The number of hydrogen-bond donors (Lipinski definition) is 1. The molecule has 1 amide bonds. The number of nitro benzene ring substituents is 1. The quantitative estimate of drug-likeness (QED) is 0.233. The second kappa shape index (κ2) is 8.80. The summed E-state index contributed by atoms with van der Waals surface area (Å²) in [7, 11) is 0. The molecule has 2 aromatic heterocycles. The summed E-state index contributed by atoms with van der Waals surface area (Å²) in [6.45, 7) is 2.45. The minimum atomic E-state index is -0.472. The van der Waals surface area contributed by atoms with Crippen LogP contribution >= 0.6 is 11.3 Å². The molecule has 156 valence electrons. The van der Waals surface area contributed by atoms with Crippen molar-refractivity contribution in [2.75, 3.05) is 11.9 Å². The van der Waals surface area contributed by atoms with Crippen molar-refractivity contribution in [3.05, 3.63) is 75.7 Å². The number of ether oxygens (including phenoxy) is 1. The molecular weight excluding hydrogens is 418 g/mol. The molecule has 0 unspecified atom stereocenters. The van der Waals surface area contributed by atoms with Crippen LogP contribution in [0.3, 0.4) is 0 Å². The van der Waals surface area contributed by atoms with E-state index in [-0.39, 0.29) is 11.6 Å². The molecule has 8 nitrogen and oxygen atoms in total. The van der Waals surface area contributed by atoms with E-state index in [0.29, 0.717) is 40.1 Å². The molecule has 2 heterocycles. The Labute approximate surface area is 180 Å². The number of nitrogens with one attached hydrogen (secondary N) is 1. The molecule has 1 N–H and O–H groups in total. The van der Waals surface area contributed by atoms with Gasteiger partial charge in [0, 0.05) is 29.0 Å². The third kappa shape index (κ3) is 4.62. The van der Waals surface area contributed by atoms with E-state index in [9.17, 15) is 14.9 Å². The van der Waals surface area contributed by atoms with Gasteiger partial charge in [-0.1, -0.05) is 12.1 Å². The van der Waals surface area contributed by atoms with Crippen LogP contribution in [0.1, 0.15) is 12.5 Å². The first-order valence-corrected chi connectivity index (χ1v) is 10.3. The third-order valence-corrected chi connectivity index (χ3v) is 5.08. The number of nitrogens with zero attached hydrogens (tertiary/aromatic N) is 2. The summed E-state index contributed by atoms with van der Waals surface area (Å²) in [6.07, 6.45) is 2.92. The van der Waals surface area contributed by atoms with Crippen molar-refractivity contribution >= 4 is 45.1 Å². The van der Waals surface area contributed by atoms with Gasteiger partial charge in [0.1, 0.15) is 5.69 Å². The molecule has 0 aliphatic rings. The first kappa shape index (κ1) is 20.3. The third-order valence-electron chi connectivity index (χ3n) is 4.33. The van der Waals surface area contributed by atoms with E-state index >= 15 is 0 Å². The van der Waals surface area contributed by atoms with Crippen LogP contribution in [0, 0.1) is 10.1 Å². The molecule has 0 aliphatic heterocycles. The number of thiazole rings is 1. The molecule has 0 spiro atoms. The Morgan fingerprint density at radius 3 is 2.84 bits per heavy atom. The van der Waals surface area contributed by atoms with Crippen molar-refractivity contribution in [1.82, 2.24) is 4.98 Å². The zero-order valence-electron chi connectivity index (χ0n) is 16.4. The van der Waals surface area contributed by atoms with E-state index in [0.717, 1.165) is 5.39 Å². The van der Waals surface area contributed by atoms with Gasteiger partial charge in [-0.05, 0) is 42.8 Å². The van der Waals surface area contributed by atoms with Gasteiger partial charge in [0.2, 0.25) is 5.91 Å². The summed E-state index contributed by atoms with van der Waals surface area (Å²) < 4.78 is 11.5. The van der Waals surface area contributed by atoms with Gasteiger partial charge in [-0.15, -0.1) is 11.3 Å². The fourth-order valence-electron chi connectivity index (χ4n) is 2.90. The second-order valence-corrected chi connectivity index (χ2v) is 7.29. The van der Waals surface area contributed by atoms with E-state index in [1.807, 2.05) is 31.2 Å². The van der Waals surface area contributed by atoms with Crippen LogP contribution in [0.2, 0.25) is 0 Å². The van der Waals surface area contributed by atoms with Crippen molar-refractivity contribution in [3.8, 4) is 17.2 Å². The van der Waals surface area contributed by atoms with E-state index in [2.05, 4.69) is 10.3 Å². The standard InChI is InChI=1S/C22H17N3O5S/c1-2-29-18-5-3-4-15-12-19(30-21(15)18)17-13-31-22(23-17)24-20(26)11-8-14-6-9-16(10-7-14)25(27)28/h3-13H,2H2,1H3,(H,23,24,26)/b11-8-. The molecule has 9 heteroatoms. The number of aromatic nitrogens is 1. The van der Waals surface area contributed by atoms with Gasteiger partial charge >= 0.3 is 0 Å². The Morgan fingerprint density at radius 2 is 2.10 bits per heavy atom.